The van der Waals surface area contributed by atoms with Gasteiger partial charge >= 0.3 is 12.3 Å². The van der Waals surface area contributed by atoms with Crippen molar-refractivity contribution in [3.05, 3.63) is 0 Å². The summed E-state index contributed by atoms with van der Waals surface area (Å²) in [6.07, 6.45) is -0.813. The third-order valence-electron chi connectivity index (χ3n) is 3.94. The molecule has 6 nitrogen and oxygen atoms in total. The van der Waals surface area contributed by atoms with Gasteiger partial charge in [-0.1, -0.05) is 19.3 Å². The van der Waals surface area contributed by atoms with Crippen molar-refractivity contribution in [1.82, 2.24) is 10.6 Å². The highest BCUT2D eigenvalue weighted by Crippen LogP contribution is 2.28. The summed E-state index contributed by atoms with van der Waals surface area (Å²) in [4.78, 5) is 24.0. The van der Waals surface area contributed by atoms with Crippen molar-refractivity contribution < 1.29 is 32.2 Å². The number of nitrogens with one attached hydrogen (secondary N) is 2. The minimum atomic E-state index is -4.40. The molecule has 152 valence electrons. The summed E-state index contributed by atoms with van der Waals surface area (Å²) < 4.78 is 45.7. The molecule has 0 radical (unpaired) electrons. The van der Waals surface area contributed by atoms with Crippen molar-refractivity contribution in [3.8, 4) is 0 Å². The number of rotatable bonds is 7. The minimum absolute atomic E-state index is 0.168. The van der Waals surface area contributed by atoms with Crippen LogP contribution in [0.3, 0.4) is 0 Å². The van der Waals surface area contributed by atoms with Crippen LogP contribution in [0.5, 0.6) is 0 Å². The first-order valence-electron chi connectivity index (χ1n) is 8.83. The van der Waals surface area contributed by atoms with Crippen LogP contribution >= 0.6 is 0 Å². The summed E-state index contributed by atoms with van der Waals surface area (Å²) in [5, 5.41) is 5.56. The molecule has 1 aliphatic carbocycles. The van der Waals surface area contributed by atoms with Crippen molar-refractivity contribution in [2.75, 3.05) is 19.8 Å². The van der Waals surface area contributed by atoms with Crippen molar-refractivity contribution >= 4 is 12.0 Å². The maximum atomic E-state index is 12.1. The van der Waals surface area contributed by atoms with Gasteiger partial charge in [-0.25, -0.2) is 4.79 Å². The number of ether oxygens (including phenoxy) is 2. The van der Waals surface area contributed by atoms with Gasteiger partial charge in [0.05, 0.1) is 12.1 Å². The van der Waals surface area contributed by atoms with E-state index in [9.17, 15) is 22.8 Å². The zero-order chi connectivity index (χ0) is 19.8. The molecular formula is C17H29F3N2O4. The molecule has 2 N–H and O–H groups in total. The summed E-state index contributed by atoms with van der Waals surface area (Å²) in [5.74, 6) is -0.414. The summed E-state index contributed by atoms with van der Waals surface area (Å²) in [6, 6.07) is 0. The fourth-order valence-electron chi connectivity index (χ4n) is 2.80. The van der Waals surface area contributed by atoms with E-state index in [4.69, 9.17) is 4.74 Å². The highest BCUT2D eigenvalue weighted by Gasteiger charge is 2.35. The predicted octanol–water partition coefficient (Wildman–Crippen LogP) is 3.30. The second kappa shape index (κ2) is 9.43. The first-order chi connectivity index (χ1) is 11.9. The smallest absolute Gasteiger partial charge is 0.411 e. The maximum Gasteiger partial charge on any atom is 0.411 e. The van der Waals surface area contributed by atoms with E-state index >= 15 is 0 Å². The molecule has 0 aliphatic heterocycles. The van der Waals surface area contributed by atoms with E-state index < -0.39 is 35.9 Å². The lowest BCUT2D eigenvalue weighted by atomic mass is 9.81. The average molecular weight is 382 g/mol. The van der Waals surface area contributed by atoms with Gasteiger partial charge in [0.1, 0.15) is 12.2 Å². The van der Waals surface area contributed by atoms with Crippen molar-refractivity contribution in [3.63, 3.8) is 0 Å². The zero-order valence-corrected chi connectivity index (χ0v) is 15.6. The monoisotopic (exact) mass is 382 g/mol. The zero-order valence-electron chi connectivity index (χ0n) is 15.6. The number of alkyl halides is 3. The molecule has 0 unspecified atom stereocenters. The second-order valence-electron chi connectivity index (χ2n) is 7.66. The van der Waals surface area contributed by atoms with E-state index in [1.54, 1.807) is 20.8 Å². The number of alkyl carbamates (subject to hydrolysis) is 1. The molecule has 1 aliphatic rings. The summed E-state index contributed by atoms with van der Waals surface area (Å²) in [5.41, 5.74) is -1.22. The molecule has 0 aromatic heterocycles. The normalized spacial score (nSPS) is 17.5. The van der Waals surface area contributed by atoms with E-state index in [-0.39, 0.29) is 19.6 Å². The average Bonchev–Trinajstić information content (AvgIpc) is 2.47. The lowest BCUT2D eigenvalue weighted by Crippen LogP contribution is -2.57. The van der Waals surface area contributed by atoms with Gasteiger partial charge in [0.2, 0.25) is 5.91 Å². The first kappa shape index (κ1) is 22.5. The molecule has 1 saturated carbocycles. The summed E-state index contributed by atoms with van der Waals surface area (Å²) >= 11 is 0. The molecule has 1 rings (SSSR count). The lowest BCUT2D eigenvalue weighted by Gasteiger charge is -2.38. The van der Waals surface area contributed by atoms with Crippen molar-refractivity contribution in [1.29, 1.82) is 0 Å². The van der Waals surface area contributed by atoms with Crippen LogP contribution in [0.1, 0.15) is 59.3 Å². The Labute approximate surface area is 152 Å². The Morgan fingerprint density at radius 1 is 1.08 bits per heavy atom. The molecule has 0 spiro atoms. The molecule has 9 heteroatoms. The Bertz CT molecular complexity index is 470. The summed E-state index contributed by atoms with van der Waals surface area (Å²) in [7, 11) is 0. The number of hydrogen-bond donors (Lipinski definition) is 2. The van der Waals surface area contributed by atoms with E-state index in [0.717, 1.165) is 19.3 Å². The van der Waals surface area contributed by atoms with Gasteiger partial charge in [0, 0.05) is 13.0 Å². The number of hydrogen-bond acceptors (Lipinski definition) is 4. The standard InChI is InChI=1S/C17H29F3N2O4/c1-15(2,3)26-14(24)22-16(8-5-4-6-9-16)11-21-13(23)7-10-25-12-17(18,19)20/h4-12H2,1-3H3,(H,21,23)(H,22,24). The Hall–Kier alpha value is -1.51. The molecular weight excluding hydrogens is 353 g/mol. The van der Waals surface area contributed by atoms with Crippen LogP contribution < -0.4 is 10.6 Å². The molecule has 2 amide bonds. The van der Waals surface area contributed by atoms with Crippen LogP contribution in [0.4, 0.5) is 18.0 Å². The van der Waals surface area contributed by atoms with Crippen LogP contribution in [0, 0.1) is 0 Å². The fraction of sp³-hybridized carbons (Fsp3) is 0.882. The number of carbonyl (C=O) groups is 2. The van der Waals surface area contributed by atoms with Crippen LogP contribution in [-0.2, 0) is 14.3 Å². The van der Waals surface area contributed by atoms with E-state index in [2.05, 4.69) is 15.4 Å². The van der Waals surface area contributed by atoms with Crippen LogP contribution in [0.15, 0.2) is 0 Å². The number of halogens is 3. The Balaban J connectivity index is 2.46. The fourth-order valence-corrected chi connectivity index (χ4v) is 2.80. The number of carbonyl (C=O) groups excluding carboxylic acids is 2. The Morgan fingerprint density at radius 2 is 1.69 bits per heavy atom. The van der Waals surface area contributed by atoms with Crippen LogP contribution in [0.25, 0.3) is 0 Å². The lowest BCUT2D eigenvalue weighted by molar-refractivity contribution is -0.174. The first-order valence-corrected chi connectivity index (χ1v) is 8.83. The molecule has 0 saturated heterocycles. The van der Waals surface area contributed by atoms with Gasteiger partial charge in [-0.2, -0.15) is 13.2 Å². The maximum absolute atomic E-state index is 12.1. The van der Waals surface area contributed by atoms with Gasteiger partial charge in [0.15, 0.2) is 0 Å². The second-order valence-corrected chi connectivity index (χ2v) is 7.66. The minimum Gasteiger partial charge on any atom is -0.444 e. The van der Waals surface area contributed by atoms with Gasteiger partial charge in [-0.3, -0.25) is 4.79 Å². The van der Waals surface area contributed by atoms with Gasteiger partial charge in [-0.15, -0.1) is 0 Å². The third kappa shape index (κ3) is 9.84. The quantitative estimate of drug-likeness (QED) is 0.663. The molecule has 0 bridgehead atoms. The van der Waals surface area contributed by atoms with Crippen LogP contribution in [-0.4, -0.2) is 49.1 Å². The van der Waals surface area contributed by atoms with E-state index in [1.165, 1.54) is 0 Å². The van der Waals surface area contributed by atoms with Crippen molar-refractivity contribution in [2.45, 2.75) is 76.6 Å². The third-order valence-corrected chi connectivity index (χ3v) is 3.94. The molecule has 0 aromatic rings. The van der Waals surface area contributed by atoms with Gasteiger partial charge in [-0.05, 0) is 33.6 Å². The van der Waals surface area contributed by atoms with Gasteiger partial charge in [0.25, 0.3) is 0 Å². The van der Waals surface area contributed by atoms with Gasteiger partial charge < -0.3 is 20.1 Å². The predicted molar refractivity (Wildman–Crippen MR) is 89.7 cm³/mol. The highest BCUT2D eigenvalue weighted by atomic mass is 19.4. The SMILES string of the molecule is CC(C)(C)OC(=O)NC1(CNC(=O)CCOCC(F)(F)F)CCCCC1. The van der Waals surface area contributed by atoms with Crippen molar-refractivity contribution in [2.24, 2.45) is 0 Å². The highest BCUT2D eigenvalue weighted by molar-refractivity contribution is 5.76. The van der Waals surface area contributed by atoms with Crippen LogP contribution in [0.2, 0.25) is 0 Å². The van der Waals surface area contributed by atoms with E-state index in [0.29, 0.717) is 12.8 Å². The molecule has 1 fully saturated rings. The Kier molecular flexibility index (Phi) is 8.17. The molecule has 26 heavy (non-hydrogen) atoms. The van der Waals surface area contributed by atoms with E-state index in [1.807, 2.05) is 0 Å². The molecule has 0 heterocycles. The molecule has 0 aromatic carbocycles. The Morgan fingerprint density at radius 3 is 2.23 bits per heavy atom. The largest absolute Gasteiger partial charge is 0.444 e. The topological polar surface area (TPSA) is 76.7 Å². The number of amides is 2. The summed E-state index contributed by atoms with van der Waals surface area (Å²) in [6.45, 7) is 3.83. The molecule has 0 atom stereocenters.